The third-order valence-corrected chi connectivity index (χ3v) is 5.87. The molecule has 1 heterocycles. The van der Waals surface area contributed by atoms with Crippen LogP contribution in [0.4, 0.5) is 5.69 Å². The minimum absolute atomic E-state index is 0.385. The largest absolute Gasteiger partial charge is 0.381 e. The van der Waals surface area contributed by atoms with Crippen molar-refractivity contribution in [2.45, 2.75) is 65.8 Å². The Morgan fingerprint density at radius 2 is 1.86 bits per heavy atom. The maximum Gasteiger partial charge on any atom is 0.0403 e. The average molecular weight is 306 g/mol. The lowest BCUT2D eigenvalue weighted by molar-refractivity contribution is 0.305. The van der Waals surface area contributed by atoms with Crippen LogP contribution < -0.4 is 5.32 Å². The lowest BCUT2D eigenvalue weighted by atomic mass is 9.82. The molecule has 1 aromatic carbocycles. The highest BCUT2D eigenvalue weighted by Gasteiger charge is 2.32. The van der Waals surface area contributed by atoms with Crippen molar-refractivity contribution in [3.8, 4) is 0 Å². The summed E-state index contributed by atoms with van der Waals surface area (Å²) >= 11 is 2.08. The topological polar surface area (TPSA) is 12.0 Å². The first-order chi connectivity index (χ1) is 9.81. The first-order valence-corrected chi connectivity index (χ1v) is 9.45. The van der Waals surface area contributed by atoms with Gasteiger partial charge in [0.25, 0.3) is 0 Å². The first kappa shape index (κ1) is 16.7. The van der Waals surface area contributed by atoms with Gasteiger partial charge in [-0.05, 0) is 46.6 Å². The van der Waals surface area contributed by atoms with Crippen LogP contribution in [0.2, 0.25) is 0 Å². The second kappa shape index (κ2) is 6.64. The third kappa shape index (κ3) is 3.97. The Bertz CT molecular complexity index is 476. The average Bonchev–Trinajstić information content (AvgIpc) is 2.41. The third-order valence-electron chi connectivity index (χ3n) is 4.81. The van der Waals surface area contributed by atoms with Crippen LogP contribution >= 0.6 is 11.8 Å². The summed E-state index contributed by atoms with van der Waals surface area (Å²) in [7, 11) is 0. The van der Waals surface area contributed by atoms with Crippen LogP contribution in [0.25, 0.3) is 0 Å². The molecule has 1 aromatic rings. The molecular weight excluding hydrogens is 274 g/mol. The molecule has 1 nitrogen and oxygen atoms in total. The molecule has 0 saturated carbocycles. The molecule has 1 unspecified atom stereocenters. The summed E-state index contributed by atoms with van der Waals surface area (Å²) in [6.07, 6.45) is 1.30. The highest BCUT2D eigenvalue weighted by molar-refractivity contribution is 7.99. The molecular formula is C19H31NS. The fourth-order valence-electron chi connectivity index (χ4n) is 2.91. The Morgan fingerprint density at radius 1 is 1.14 bits per heavy atom. The van der Waals surface area contributed by atoms with Gasteiger partial charge < -0.3 is 5.32 Å². The molecule has 21 heavy (non-hydrogen) atoms. The summed E-state index contributed by atoms with van der Waals surface area (Å²) in [6, 6.07) is 7.57. The van der Waals surface area contributed by atoms with E-state index >= 15 is 0 Å². The van der Waals surface area contributed by atoms with E-state index in [0.29, 0.717) is 23.3 Å². The van der Waals surface area contributed by atoms with E-state index in [4.69, 9.17) is 0 Å². The molecule has 0 radical (unpaired) electrons. The van der Waals surface area contributed by atoms with Gasteiger partial charge in [-0.2, -0.15) is 11.8 Å². The predicted molar refractivity (Wildman–Crippen MR) is 97.8 cm³/mol. The molecule has 1 fully saturated rings. The Hall–Kier alpha value is -0.630. The van der Waals surface area contributed by atoms with Crippen molar-refractivity contribution in [3.63, 3.8) is 0 Å². The Morgan fingerprint density at radius 3 is 2.43 bits per heavy atom. The molecule has 2 rings (SSSR count). The summed E-state index contributed by atoms with van der Waals surface area (Å²) < 4.78 is 0. The highest BCUT2D eigenvalue weighted by Crippen LogP contribution is 2.37. The summed E-state index contributed by atoms with van der Waals surface area (Å²) in [5.74, 6) is 3.68. The summed E-state index contributed by atoms with van der Waals surface area (Å²) in [5.41, 5.74) is 4.64. The van der Waals surface area contributed by atoms with E-state index in [1.165, 1.54) is 34.7 Å². The van der Waals surface area contributed by atoms with E-state index in [1.807, 2.05) is 0 Å². The van der Waals surface area contributed by atoms with Crippen LogP contribution in [0.1, 0.15) is 70.9 Å². The van der Waals surface area contributed by atoms with Crippen LogP contribution in [-0.4, -0.2) is 17.5 Å². The van der Waals surface area contributed by atoms with E-state index in [1.54, 1.807) is 0 Å². The van der Waals surface area contributed by atoms with E-state index in [0.717, 1.165) is 0 Å². The first-order valence-electron chi connectivity index (χ1n) is 8.29. The smallest absolute Gasteiger partial charge is 0.0403 e. The molecule has 0 aliphatic carbocycles. The molecule has 0 spiro atoms. The number of rotatable bonds is 4. The van der Waals surface area contributed by atoms with Gasteiger partial charge in [0.1, 0.15) is 0 Å². The quantitative estimate of drug-likeness (QED) is 0.745. The van der Waals surface area contributed by atoms with Crippen LogP contribution in [0.5, 0.6) is 0 Å². The molecule has 0 bridgehead atoms. The Labute approximate surface area is 135 Å². The molecule has 1 atom stereocenters. The van der Waals surface area contributed by atoms with Crippen molar-refractivity contribution >= 4 is 17.4 Å². The van der Waals surface area contributed by atoms with E-state index < -0.39 is 0 Å². The Kier molecular flexibility index (Phi) is 5.29. The SMILES string of the molecule is CC(C)c1ccc(NC2CSCCC2(C)C)c(C(C)C)c1. The number of hydrogen-bond acceptors (Lipinski definition) is 2. The van der Waals surface area contributed by atoms with Crippen molar-refractivity contribution in [1.29, 1.82) is 0 Å². The Balaban J connectivity index is 2.26. The zero-order valence-electron chi connectivity index (χ0n) is 14.5. The second-order valence-electron chi connectivity index (χ2n) is 7.67. The fraction of sp³-hybridized carbons (Fsp3) is 0.684. The fourth-order valence-corrected chi connectivity index (χ4v) is 4.52. The highest BCUT2D eigenvalue weighted by atomic mass is 32.2. The number of benzene rings is 1. The van der Waals surface area contributed by atoms with Crippen LogP contribution in [-0.2, 0) is 0 Å². The van der Waals surface area contributed by atoms with Gasteiger partial charge in [-0.15, -0.1) is 0 Å². The predicted octanol–water partition coefficient (Wildman–Crippen LogP) is 5.88. The number of thioether (sulfide) groups is 1. The van der Waals surface area contributed by atoms with Gasteiger partial charge in [0.15, 0.2) is 0 Å². The molecule has 0 aromatic heterocycles. The lowest BCUT2D eigenvalue weighted by Gasteiger charge is -2.40. The van der Waals surface area contributed by atoms with Crippen LogP contribution in [0.3, 0.4) is 0 Å². The number of nitrogens with one attached hydrogen (secondary N) is 1. The van der Waals surface area contributed by atoms with Gasteiger partial charge in [-0.25, -0.2) is 0 Å². The van der Waals surface area contributed by atoms with Gasteiger partial charge in [-0.3, -0.25) is 0 Å². The minimum Gasteiger partial charge on any atom is -0.381 e. The monoisotopic (exact) mass is 305 g/mol. The number of hydrogen-bond donors (Lipinski definition) is 1. The minimum atomic E-state index is 0.385. The molecule has 2 heteroatoms. The van der Waals surface area contributed by atoms with E-state index in [-0.39, 0.29) is 0 Å². The maximum absolute atomic E-state index is 3.87. The molecule has 1 N–H and O–H groups in total. The molecule has 1 saturated heterocycles. The molecule has 118 valence electrons. The molecule has 0 amide bonds. The van der Waals surface area contributed by atoms with E-state index in [2.05, 4.69) is 76.8 Å². The van der Waals surface area contributed by atoms with E-state index in [9.17, 15) is 0 Å². The van der Waals surface area contributed by atoms with Crippen molar-refractivity contribution in [3.05, 3.63) is 29.3 Å². The molecule has 1 aliphatic rings. The van der Waals surface area contributed by atoms with Crippen molar-refractivity contribution < 1.29 is 0 Å². The summed E-state index contributed by atoms with van der Waals surface area (Å²) in [5, 5.41) is 3.87. The molecule has 1 aliphatic heterocycles. The van der Waals surface area contributed by atoms with Gasteiger partial charge >= 0.3 is 0 Å². The maximum atomic E-state index is 3.87. The standard InChI is InChI=1S/C19H31NS/c1-13(2)15-7-8-17(16(11-15)14(3)4)20-18-12-21-10-9-19(18,5)6/h7-8,11,13-14,18,20H,9-10,12H2,1-6H3. The van der Waals surface area contributed by atoms with Gasteiger partial charge in [0, 0.05) is 17.5 Å². The zero-order chi connectivity index (χ0) is 15.6. The van der Waals surface area contributed by atoms with Crippen molar-refractivity contribution in [1.82, 2.24) is 0 Å². The normalized spacial score (nSPS) is 21.8. The number of anilines is 1. The summed E-state index contributed by atoms with van der Waals surface area (Å²) in [6.45, 7) is 13.9. The van der Waals surface area contributed by atoms with Crippen LogP contribution in [0, 0.1) is 5.41 Å². The second-order valence-corrected chi connectivity index (χ2v) is 8.82. The lowest BCUT2D eigenvalue weighted by Crippen LogP contribution is -2.41. The van der Waals surface area contributed by atoms with Gasteiger partial charge in [0.2, 0.25) is 0 Å². The van der Waals surface area contributed by atoms with Crippen LogP contribution in [0.15, 0.2) is 18.2 Å². The zero-order valence-corrected chi connectivity index (χ0v) is 15.3. The van der Waals surface area contributed by atoms with Crippen molar-refractivity contribution in [2.24, 2.45) is 5.41 Å². The van der Waals surface area contributed by atoms with Crippen molar-refractivity contribution in [2.75, 3.05) is 16.8 Å². The van der Waals surface area contributed by atoms with Gasteiger partial charge in [0.05, 0.1) is 0 Å². The van der Waals surface area contributed by atoms with Gasteiger partial charge in [-0.1, -0.05) is 53.7 Å². The summed E-state index contributed by atoms with van der Waals surface area (Å²) in [4.78, 5) is 0.